The van der Waals surface area contributed by atoms with Crippen molar-refractivity contribution < 1.29 is 4.39 Å². The molecule has 10 heteroatoms. The third-order valence-electron chi connectivity index (χ3n) is 2.44. The lowest BCUT2D eigenvalue weighted by atomic mass is 10.3. The van der Waals surface area contributed by atoms with Crippen molar-refractivity contribution in [2.75, 3.05) is 11.1 Å². The van der Waals surface area contributed by atoms with Crippen molar-refractivity contribution >= 4 is 29.2 Å². The Morgan fingerprint density at radius 3 is 2.86 bits per heavy atom. The summed E-state index contributed by atoms with van der Waals surface area (Å²) in [6, 6.07) is 3.88. The Kier molecular flexibility index (Phi) is 3.32. The molecule has 0 spiro atoms. The first kappa shape index (κ1) is 13.2. The van der Waals surface area contributed by atoms with Crippen LogP contribution in [0.1, 0.15) is 0 Å². The van der Waals surface area contributed by atoms with Gasteiger partial charge in [-0.2, -0.15) is 24.7 Å². The molecule has 0 unspecified atom stereocenters. The summed E-state index contributed by atoms with van der Waals surface area (Å²) >= 11 is 5.97. The van der Waals surface area contributed by atoms with E-state index in [2.05, 4.69) is 30.4 Å². The van der Waals surface area contributed by atoms with E-state index in [0.717, 1.165) is 0 Å². The van der Waals surface area contributed by atoms with Crippen LogP contribution in [0.25, 0.3) is 5.95 Å². The second-order valence-electron chi connectivity index (χ2n) is 3.91. The van der Waals surface area contributed by atoms with Gasteiger partial charge in [-0.25, -0.2) is 9.37 Å². The third-order valence-corrected chi connectivity index (χ3v) is 2.77. The summed E-state index contributed by atoms with van der Waals surface area (Å²) in [5.74, 6) is -0.179. The Bertz CT molecular complexity index is 776. The SMILES string of the molecule is Nc1nc(Nc2cc(F)ccc2Cl)nc(-n2cncn2)n1. The van der Waals surface area contributed by atoms with Crippen molar-refractivity contribution in [3.05, 3.63) is 41.7 Å². The molecule has 0 saturated carbocycles. The average Bonchev–Trinajstić information content (AvgIpc) is 2.96. The summed E-state index contributed by atoms with van der Waals surface area (Å²) in [6.07, 6.45) is 2.74. The highest BCUT2D eigenvalue weighted by Gasteiger charge is 2.09. The number of anilines is 3. The van der Waals surface area contributed by atoms with Gasteiger partial charge in [0.2, 0.25) is 11.9 Å². The number of halogens is 2. The van der Waals surface area contributed by atoms with Crippen molar-refractivity contribution in [3.63, 3.8) is 0 Å². The minimum atomic E-state index is -0.444. The molecule has 8 nitrogen and oxygen atoms in total. The van der Waals surface area contributed by atoms with Crippen LogP contribution < -0.4 is 11.1 Å². The second-order valence-corrected chi connectivity index (χ2v) is 4.31. The monoisotopic (exact) mass is 306 g/mol. The van der Waals surface area contributed by atoms with Crippen LogP contribution in [0.3, 0.4) is 0 Å². The van der Waals surface area contributed by atoms with E-state index in [1.54, 1.807) is 0 Å². The summed E-state index contributed by atoms with van der Waals surface area (Å²) in [7, 11) is 0. The van der Waals surface area contributed by atoms with E-state index in [0.29, 0.717) is 10.7 Å². The molecule has 0 saturated heterocycles. The summed E-state index contributed by atoms with van der Waals surface area (Å²) in [5.41, 5.74) is 5.93. The van der Waals surface area contributed by atoms with Gasteiger partial charge >= 0.3 is 0 Å². The maximum atomic E-state index is 13.2. The van der Waals surface area contributed by atoms with Crippen LogP contribution >= 0.6 is 11.6 Å². The standard InChI is InChI=1S/C11H8ClFN8/c12-7-2-1-6(13)3-8(7)17-10-18-9(14)19-11(20-10)21-5-15-4-16-21/h1-5H,(H3,14,17,18,19,20). The van der Waals surface area contributed by atoms with Crippen molar-refractivity contribution in [2.24, 2.45) is 0 Å². The van der Waals surface area contributed by atoms with Crippen LogP contribution in [0.5, 0.6) is 0 Å². The molecule has 3 aromatic rings. The van der Waals surface area contributed by atoms with Gasteiger partial charge in [0.15, 0.2) is 0 Å². The molecule has 0 fully saturated rings. The zero-order valence-corrected chi connectivity index (χ0v) is 11.2. The molecule has 0 aliphatic carbocycles. The predicted molar refractivity (Wildman–Crippen MR) is 73.8 cm³/mol. The molecule has 0 atom stereocenters. The molecule has 3 rings (SSSR count). The van der Waals surface area contributed by atoms with E-state index in [9.17, 15) is 4.39 Å². The number of aromatic nitrogens is 6. The molecule has 1 aromatic carbocycles. The lowest BCUT2D eigenvalue weighted by Crippen LogP contribution is -2.09. The average molecular weight is 307 g/mol. The molecular weight excluding hydrogens is 299 g/mol. The van der Waals surface area contributed by atoms with E-state index in [1.165, 1.54) is 35.5 Å². The zero-order chi connectivity index (χ0) is 14.8. The Balaban J connectivity index is 1.97. The van der Waals surface area contributed by atoms with Crippen LogP contribution in [0.15, 0.2) is 30.9 Å². The summed E-state index contributed by atoms with van der Waals surface area (Å²) in [6.45, 7) is 0. The Labute approximate surface area is 122 Å². The second kappa shape index (κ2) is 5.29. The highest BCUT2D eigenvalue weighted by atomic mass is 35.5. The third kappa shape index (κ3) is 2.87. The number of nitrogen functional groups attached to an aromatic ring is 1. The fourth-order valence-corrected chi connectivity index (χ4v) is 1.73. The number of hydrogen-bond donors (Lipinski definition) is 2. The van der Waals surface area contributed by atoms with Gasteiger partial charge < -0.3 is 11.1 Å². The largest absolute Gasteiger partial charge is 0.368 e. The minimum absolute atomic E-state index is 0.0227. The summed E-state index contributed by atoms with van der Waals surface area (Å²) < 4.78 is 14.5. The van der Waals surface area contributed by atoms with Crippen LogP contribution in [0.2, 0.25) is 5.02 Å². The lowest BCUT2D eigenvalue weighted by Gasteiger charge is -2.08. The minimum Gasteiger partial charge on any atom is -0.368 e. The predicted octanol–water partition coefficient (Wildman–Crippen LogP) is 1.57. The van der Waals surface area contributed by atoms with E-state index >= 15 is 0 Å². The molecule has 2 heterocycles. The number of nitrogens with one attached hydrogen (secondary N) is 1. The molecule has 0 aliphatic heterocycles. The number of benzene rings is 1. The first-order valence-corrected chi connectivity index (χ1v) is 6.08. The number of nitrogens with zero attached hydrogens (tertiary/aromatic N) is 6. The molecule has 0 bridgehead atoms. The van der Waals surface area contributed by atoms with Gasteiger partial charge in [0.1, 0.15) is 18.5 Å². The molecule has 106 valence electrons. The maximum Gasteiger partial charge on any atom is 0.258 e. The van der Waals surface area contributed by atoms with Crippen LogP contribution in [-0.4, -0.2) is 29.7 Å². The topological polar surface area (TPSA) is 107 Å². The fraction of sp³-hybridized carbons (Fsp3) is 0. The Hall–Kier alpha value is -2.81. The molecule has 3 N–H and O–H groups in total. The van der Waals surface area contributed by atoms with E-state index < -0.39 is 5.82 Å². The quantitative estimate of drug-likeness (QED) is 0.756. The van der Waals surface area contributed by atoms with Gasteiger partial charge in [-0.1, -0.05) is 11.6 Å². The van der Waals surface area contributed by atoms with Gasteiger partial charge in [0, 0.05) is 0 Å². The van der Waals surface area contributed by atoms with Crippen LogP contribution in [0.4, 0.5) is 22.0 Å². The van der Waals surface area contributed by atoms with Gasteiger partial charge in [-0.3, -0.25) is 0 Å². The first-order chi connectivity index (χ1) is 10.1. The van der Waals surface area contributed by atoms with E-state index in [1.807, 2.05) is 0 Å². The first-order valence-electron chi connectivity index (χ1n) is 5.70. The Morgan fingerprint density at radius 1 is 1.24 bits per heavy atom. The summed E-state index contributed by atoms with van der Waals surface area (Å²) in [5, 5.41) is 6.99. The lowest BCUT2D eigenvalue weighted by molar-refractivity contribution is 0.628. The smallest absolute Gasteiger partial charge is 0.258 e. The van der Waals surface area contributed by atoms with Gasteiger partial charge in [0.25, 0.3) is 5.95 Å². The molecule has 2 aromatic heterocycles. The number of nitrogens with two attached hydrogens (primary N) is 1. The molecule has 0 amide bonds. The fourth-order valence-electron chi connectivity index (χ4n) is 1.56. The van der Waals surface area contributed by atoms with Crippen molar-refractivity contribution in [1.82, 2.24) is 29.7 Å². The molecular formula is C11H8ClFN8. The summed E-state index contributed by atoms with van der Waals surface area (Å²) in [4.78, 5) is 15.7. The highest BCUT2D eigenvalue weighted by Crippen LogP contribution is 2.25. The zero-order valence-electron chi connectivity index (χ0n) is 10.4. The number of hydrogen-bond acceptors (Lipinski definition) is 7. The molecule has 0 radical (unpaired) electrons. The van der Waals surface area contributed by atoms with Crippen LogP contribution in [-0.2, 0) is 0 Å². The van der Waals surface area contributed by atoms with Crippen LogP contribution in [0, 0.1) is 5.82 Å². The number of rotatable bonds is 3. The van der Waals surface area contributed by atoms with Crippen molar-refractivity contribution in [3.8, 4) is 5.95 Å². The van der Waals surface area contributed by atoms with Gasteiger partial charge in [0.05, 0.1) is 10.7 Å². The van der Waals surface area contributed by atoms with Gasteiger partial charge in [-0.05, 0) is 18.2 Å². The van der Waals surface area contributed by atoms with Gasteiger partial charge in [-0.15, -0.1) is 0 Å². The van der Waals surface area contributed by atoms with E-state index in [-0.39, 0.29) is 17.8 Å². The van der Waals surface area contributed by atoms with E-state index in [4.69, 9.17) is 17.3 Å². The normalized spacial score (nSPS) is 10.6. The highest BCUT2D eigenvalue weighted by molar-refractivity contribution is 6.33. The van der Waals surface area contributed by atoms with Crippen molar-refractivity contribution in [2.45, 2.75) is 0 Å². The van der Waals surface area contributed by atoms with Crippen molar-refractivity contribution in [1.29, 1.82) is 0 Å². The maximum absolute atomic E-state index is 13.2. The molecule has 21 heavy (non-hydrogen) atoms. The Morgan fingerprint density at radius 2 is 2.10 bits per heavy atom. The molecule has 0 aliphatic rings.